The van der Waals surface area contributed by atoms with Gasteiger partial charge in [-0.2, -0.15) is 0 Å². The first-order chi connectivity index (χ1) is 11.6. The van der Waals surface area contributed by atoms with Crippen LogP contribution in [-0.4, -0.2) is 45.3 Å². The number of carbonyl (C=O) groups excluding carboxylic acids is 1. The number of benzene rings is 1. The normalized spacial score (nSPS) is 19.3. The van der Waals surface area contributed by atoms with Gasteiger partial charge in [0, 0.05) is 20.0 Å². The molecule has 1 saturated heterocycles. The zero-order valence-corrected chi connectivity index (χ0v) is 13.9. The summed E-state index contributed by atoms with van der Waals surface area (Å²) in [5.41, 5.74) is 0.573. The summed E-state index contributed by atoms with van der Waals surface area (Å²) < 4.78 is 21.4. The number of aryl methyl sites for hydroxylation is 1. The molecule has 1 aromatic heterocycles. The van der Waals surface area contributed by atoms with Gasteiger partial charge in [-0.15, -0.1) is 10.2 Å². The molecule has 128 valence electrons. The van der Waals surface area contributed by atoms with E-state index in [0.29, 0.717) is 31.1 Å². The predicted molar refractivity (Wildman–Crippen MR) is 85.7 cm³/mol. The number of hydrogen-bond acceptors (Lipinski definition) is 4. The summed E-state index contributed by atoms with van der Waals surface area (Å²) in [5, 5.41) is 7.91. The van der Waals surface area contributed by atoms with Crippen LogP contribution in [0.3, 0.4) is 0 Å². The standard InChI is InChI=1S/C17H21FN4O2/c1-12(13-5-3-4-6-14(13)18)9-16(23)22-7-8-24-15(10-22)17-20-19-11-21(17)2/h3-6,11-12,15H,7-10H2,1-2H3/t12-,15+/m0/s1. The minimum Gasteiger partial charge on any atom is -0.366 e. The maximum Gasteiger partial charge on any atom is 0.223 e. The van der Waals surface area contributed by atoms with Gasteiger partial charge < -0.3 is 14.2 Å². The number of nitrogens with zero attached hydrogens (tertiary/aromatic N) is 4. The van der Waals surface area contributed by atoms with E-state index in [-0.39, 0.29) is 30.2 Å². The van der Waals surface area contributed by atoms with E-state index in [9.17, 15) is 9.18 Å². The Kier molecular flexibility index (Phi) is 4.89. The highest BCUT2D eigenvalue weighted by molar-refractivity contribution is 5.77. The van der Waals surface area contributed by atoms with Gasteiger partial charge in [-0.05, 0) is 17.5 Å². The van der Waals surface area contributed by atoms with E-state index >= 15 is 0 Å². The van der Waals surface area contributed by atoms with Crippen molar-refractivity contribution in [3.05, 3.63) is 47.8 Å². The Morgan fingerprint density at radius 2 is 2.25 bits per heavy atom. The molecule has 0 radical (unpaired) electrons. The van der Waals surface area contributed by atoms with Gasteiger partial charge in [0.05, 0.1) is 13.2 Å². The summed E-state index contributed by atoms with van der Waals surface area (Å²) in [5.74, 6) is 0.266. The van der Waals surface area contributed by atoms with Gasteiger partial charge in [-0.25, -0.2) is 4.39 Å². The molecule has 1 aromatic carbocycles. The molecule has 0 bridgehead atoms. The van der Waals surface area contributed by atoms with Crippen LogP contribution in [-0.2, 0) is 16.6 Å². The Bertz CT molecular complexity index is 718. The lowest BCUT2D eigenvalue weighted by Crippen LogP contribution is -2.43. The number of amides is 1. The molecule has 0 aliphatic carbocycles. The zero-order chi connectivity index (χ0) is 17.1. The number of aromatic nitrogens is 3. The van der Waals surface area contributed by atoms with E-state index < -0.39 is 0 Å². The van der Waals surface area contributed by atoms with Crippen LogP contribution < -0.4 is 0 Å². The lowest BCUT2D eigenvalue weighted by Gasteiger charge is -2.33. The molecule has 7 heteroatoms. The van der Waals surface area contributed by atoms with Crippen molar-refractivity contribution in [2.75, 3.05) is 19.7 Å². The summed E-state index contributed by atoms with van der Waals surface area (Å²) in [6.07, 6.45) is 1.60. The van der Waals surface area contributed by atoms with Gasteiger partial charge in [0.2, 0.25) is 5.91 Å². The van der Waals surface area contributed by atoms with Gasteiger partial charge >= 0.3 is 0 Å². The third-order valence-electron chi connectivity index (χ3n) is 4.37. The maximum atomic E-state index is 13.9. The van der Waals surface area contributed by atoms with Crippen molar-refractivity contribution in [1.29, 1.82) is 0 Å². The molecule has 2 aromatic rings. The summed E-state index contributed by atoms with van der Waals surface area (Å²) in [4.78, 5) is 14.4. The number of rotatable bonds is 4. The van der Waals surface area contributed by atoms with E-state index in [0.717, 1.165) is 0 Å². The smallest absolute Gasteiger partial charge is 0.223 e. The highest BCUT2D eigenvalue weighted by Crippen LogP contribution is 2.25. The average molecular weight is 332 g/mol. The number of hydrogen-bond donors (Lipinski definition) is 0. The Balaban J connectivity index is 1.64. The summed E-state index contributed by atoms with van der Waals surface area (Å²) >= 11 is 0. The minimum absolute atomic E-state index is 0.00113. The van der Waals surface area contributed by atoms with Crippen LogP contribution in [0.25, 0.3) is 0 Å². The lowest BCUT2D eigenvalue weighted by molar-refractivity contribution is -0.139. The van der Waals surface area contributed by atoms with E-state index in [1.54, 1.807) is 34.0 Å². The fourth-order valence-electron chi connectivity index (χ4n) is 2.99. The second kappa shape index (κ2) is 7.09. The average Bonchev–Trinajstić information content (AvgIpc) is 3.01. The highest BCUT2D eigenvalue weighted by Gasteiger charge is 2.29. The first-order valence-corrected chi connectivity index (χ1v) is 8.04. The van der Waals surface area contributed by atoms with Crippen LogP contribution in [0.1, 0.15) is 36.8 Å². The van der Waals surface area contributed by atoms with E-state index in [1.165, 1.54) is 6.07 Å². The quantitative estimate of drug-likeness (QED) is 0.860. The first kappa shape index (κ1) is 16.6. The first-order valence-electron chi connectivity index (χ1n) is 8.04. The van der Waals surface area contributed by atoms with Crippen LogP contribution in [0.2, 0.25) is 0 Å². The second-order valence-corrected chi connectivity index (χ2v) is 6.13. The van der Waals surface area contributed by atoms with Gasteiger partial charge in [-0.3, -0.25) is 4.79 Å². The molecule has 1 amide bonds. The van der Waals surface area contributed by atoms with Gasteiger partial charge in [0.1, 0.15) is 18.2 Å². The summed E-state index contributed by atoms with van der Waals surface area (Å²) in [7, 11) is 1.85. The molecule has 1 aliphatic rings. The van der Waals surface area contributed by atoms with Crippen LogP contribution >= 0.6 is 0 Å². The van der Waals surface area contributed by atoms with Crippen molar-refractivity contribution in [2.45, 2.75) is 25.4 Å². The second-order valence-electron chi connectivity index (χ2n) is 6.13. The molecule has 2 heterocycles. The van der Waals surface area contributed by atoms with Crippen LogP contribution in [0.15, 0.2) is 30.6 Å². The van der Waals surface area contributed by atoms with E-state index in [1.807, 2.05) is 14.0 Å². The van der Waals surface area contributed by atoms with Crippen LogP contribution in [0, 0.1) is 5.82 Å². The molecule has 24 heavy (non-hydrogen) atoms. The SMILES string of the molecule is C[C@@H](CC(=O)N1CCO[C@@H](c2nncn2C)C1)c1ccccc1F. The molecule has 3 rings (SSSR count). The molecule has 0 saturated carbocycles. The van der Waals surface area contributed by atoms with Crippen molar-refractivity contribution in [2.24, 2.45) is 7.05 Å². The molecule has 0 unspecified atom stereocenters. The number of halogens is 1. The summed E-state index contributed by atoms with van der Waals surface area (Å²) in [6.45, 7) is 3.31. The fraction of sp³-hybridized carbons (Fsp3) is 0.471. The van der Waals surface area contributed by atoms with Crippen molar-refractivity contribution in [3.8, 4) is 0 Å². The highest BCUT2D eigenvalue weighted by atomic mass is 19.1. The maximum absolute atomic E-state index is 13.9. The molecule has 1 fully saturated rings. The van der Waals surface area contributed by atoms with Crippen LogP contribution in [0.4, 0.5) is 4.39 Å². The molecular weight excluding hydrogens is 311 g/mol. The Morgan fingerprint density at radius 1 is 1.46 bits per heavy atom. The number of morpholine rings is 1. The Labute approximate surface area is 140 Å². The molecule has 2 atom stereocenters. The van der Waals surface area contributed by atoms with E-state index in [4.69, 9.17) is 4.74 Å². The van der Waals surface area contributed by atoms with Gasteiger partial charge in [0.25, 0.3) is 0 Å². The molecule has 0 spiro atoms. The fourth-order valence-corrected chi connectivity index (χ4v) is 2.99. The van der Waals surface area contributed by atoms with Gasteiger partial charge in [0.15, 0.2) is 5.82 Å². The van der Waals surface area contributed by atoms with Crippen molar-refractivity contribution >= 4 is 5.91 Å². The molecular formula is C17H21FN4O2. The number of ether oxygens (including phenoxy) is 1. The number of carbonyl (C=O) groups is 1. The largest absolute Gasteiger partial charge is 0.366 e. The topological polar surface area (TPSA) is 60.3 Å². The predicted octanol–water partition coefficient (Wildman–Crippen LogP) is 2.05. The van der Waals surface area contributed by atoms with Gasteiger partial charge in [-0.1, -0.05) is 25.1 Å². The van der Waals surface area contributed by atoms with Crippen molar-refractivity contribution < 1.29 is 13.9 Å². The van der Waals surface area contributed by atoms with Crippen molar-refractivity contribution in [3.63, 3.8) is 0 Å². The lowest BCUT2D eigenvalue weighted by atomic mass is 9.96. The third kappa shape index (κ3) is 3.46. The third-order valence-corrected chi connectivity index (χ3v) is 4.37. The summed E-state index contributed by atoms with van der Waals surface area (Å²) in [6, 6.07) is 6.60. The van der Waals surface area contributed by atoms with Crippen molar-refractivity contribution in [1.82, 2.24) is 19.7 Å². The monoisotopic (exact) mass is 332 g/mol. The van der Waals surface area contributed by atoms with E-state index in [2.05, 4.69) is 10.2 Å². The minimum atomic E-state index is -0.279. The molecule has 1 aliphatic heterocycles. The zero-order valence-electron chi connectivity index (χ0n) is 13.9. The Hall–Kier alpha value is -2.28. The molecule has 0 N–H and O–H groups in total. The molecule has 6 nitrogen and oxygen atoms in total. The Morgan fingerprint density at radius 3 is 2.96 bits per heavy atom. The van der Waals surface area contributed by atoms with Crippen LogP contribution in [0.5, 0.6) is 0 Å².